The van der Waals surface area contributed by atoms with Crippen molar-refractivity contribution in [1.82, 2.24) is 5.32 Å². The summed E-state index contributed by atoms with van der Waals surface area (Å²) < 4.78 is 0.965. The van der Waals surface area contributed by atoms with Gasteiger partial charge < -0.3 is 11.1 Å². The predicted octanol–water partition coefficient (Wildman–Crippen LogP) is 3.90. The maximum absolute atomic E-state index is 12.2. The maximum Gasteiger partial charge on any atom is 0.320 e. The summed E-state index contributed by atoms with van der Waals surface area (Å²) in [7, 11) is 0. The number of thiophene rings is 1. The number of nitrogens with two attached hydrogens (primary N) is 1. The Balaban J connectivity index is 1.78. The number of hydrogen-bond donors (Lipinski definition) is 3. The molecular weight excluding hydrogens is 346 g/mol. The van der Waals surface area contributed by atoms with Crippen LogP contribution >= 0.6 is 22.9 Å². The number of carbonyl (C=O) groups is 2. The van der Waals surface area contributed by atoms with Crippen molar-refractivity contribution in [3.63, 3.8) is 0 Å². The number of halogens is 1. The average molecular weight is 360 g/mol. The fraction of sp³-hybridized carbons (Fsp3) is 0.0588. The van der Waals surface area contributed by atoms with Crippen LogP contribution in [0.4, 0.5) is 9.80 Å². The summed E-state index contributed by atoms with van der Waals surface area (Å²) in [6, 6.07) is 14.9. The number of hydrogen-bond acceptors (Lipinski definition) is 3. The Hall–Kier alpha value is -2.57. The highest BCUT2D eigenvalue weighted by molar-refractivity contribution is 7.23. The highest BCUT2D eigenvalue weighted by Gasteiger charge is 2.21. The molecule has 0 saturated heterocycles. The van der Waals surface area contributed by atoms with Crippen molar-refractivity contribution >= 4 is 50.0 Å². The van der Waals surface area contributed by atoms with Crippen LogP contribution in [0.15, 0.2) is 54.6 Å². The minimum absolute atomic E-state index is 0.473. The molecular formula is C17H14ClN3O2S. The van der Waals surface area contributed by atoms with E-state index in [0.29, 0.717) is 15.6 Å². The molecule has 0 aliphatic carbocycles. The average Bonchev–Trinajstić information content (AvgIpc) is 2.89. The van der Waals surface area contributed by atoms with E-state index in [4.69, 9.17) is 17.3 Å². The third-order valence-electron chi connectivity index (χ3n) is 3.45. The van der Waals surface area contributed by atoms with Crippen LogP contribution in [0, 0.1) is 0 Å². The highest BCUT2D eigenvalue weighted by Crippen LogP contribution is 2.39. The van der Waals surface area contributed by atoms with Gasteiger partial charge in [-0.1, -0.05) is 60.1 Å². The van der Waals surface area contributed by atoms with Crippen molar-refractivity contribution in [3.8, 4) is 0 Å². The Labute approximate surface area is 147 Å². The van der Waals surface area contributed by atoms with Gasteiger partial charge in [0.25, 0.3) is 0 Å². The highest BCUT2D eigenvalue weighted by atomic mass is 35.5. The van der Waals surface area contributed by atoms with Crippen LogP contribution in [-0.2, 0) is 4.79 Å². The summed E-state index contributed by atoms with van der Waals surface area (Å²) in [5.74, 6) is -0.640. The van der Waals surface area contributed by atoms with Gasteiger partial charge in [0.15, 0.2) is 0 Å². The molecule has 0 saturated carbocycles. The number of primary amides is 1. The number of urea groups is 1. The molecule has 0 spiro atoms. The first kappa shape index (κ1) is 16.3. The molecule has 3 amide bonds. The molecule has 7 heteroatoms. The standard InChI is InChI=1S/C17H14ClN3O2S/c18-13-11-8-4-5-9-12(11)24-16(13)21-17(23)20-14(15(19)22)10-6-2-1-3-7-10/h1-9,14H,(H2,19,22)(H2,20,21,23). The van der Waals surface area contributed by atoms with Gasteiger partial charge in [0.05, 0.1) is 5.02 Å². The Bertz CT molecular complexity index is 895. The van der Waals surface area contributed by atoms with Crippen molar-refractivity contribution in [1.29, 1.82) is 0 Å². The molecule has 5 nitrogen and oxygen atoms in total. The summed E-state index contributed by atoms with van der Waals surface area (Å²) in [6.07, 6.45) is 0. The van der Waals surface area contributed by atoms with Gasteiger partial charge in [-0.25, -0.2) is 4.79 Å². The summed E-state index contributed by atoms with van der Waals surface area (Å²) in [5.41, 5.74) is 6.01. The molecule has 0 bridgehead atoms. The topological polar surface area (TPSA) is 84.2 Å². The molecule has 24 heavy (non-hydrogen) atoms. The molecule has 0 radical (unpaired) electrons. The molecule has 3 aromatic rings. The molecule has 2 aromatic carbocycles. The van der Waals surface area contributed by atoms with Crippen LogP contribution in [0.3, 0.4) is 0 Å². The molecule has 3 rings (SSSR count). The Kier molecular flexibility index (Phi) is 4.69. The zero-order valence-corrected chi connectivity index (χ0v) is 14.0. The van der Waals surface area contributed by atoms with Gasteiger partial charge in [0.2, 0.25) is 5.91 Å². The van der Waals surface area contributed by atoms with Crippen LogP contribution in [0.2, 0.25) is 5.02 Å². The van der Waals surface area contributed by atoms with Crippen molar-refractivity contribution < 1.29 is 9.59 Å². The lowest BCUT2D eigenvalue weighted by atomic mass is 10.1. The SMILES string of the molecule is NC(=O)C(NC(=O)Nc1sc2ccccc2c1Cl)c1ccccc1. The van der Waals surface area contributed by atoms with Crippen LogP contribution in [0.1, 0.15) is 11.6 Å². The molecule has 122 valence electrons. The van der Waals surface area contributed by atoms with E-state index in [1.165, 1.54) is 11.3 Å². The number of nitrogens with one attached hydrogen (secondary N) is 2. The van der Waals surface area contributed by atoms with Crippen LogP contribution < -0.4 is 16.4 Å². The van der Waals surface area contributed by atoms with E-state index >= 15 is 0 Å². The van der Waals surface area contributed by atoms with Crippen molar-refractivity contribution in [2.45, 2.75) is 6.04 Å². The summed E-state index contributed by atoms with van der Waals surface area (Å²) in [6.45, 7) is 0. The molecule has 1 atom stereocenters. The Morgan fingerprint density at radius 3 is 2.38 bits per heavy atom. The molecule has 1 aromatic heterocycles. The third kappa shape index (κ3) is 3.34. The first-order chi connectivity index (χ1) is 11.6. The zero-order valence-electron chi connectivity index (χ0n) is 12.5. The fourth-order valence-corrected chi connectivity index (χ4v) is 3.70. The summed E-state index contributed by atoms with van der Waals surface area (Å²) in [5, 5.41) is 7.12. The lowest BCUT2D eigenvalue weighted by molar-refractivity contribution is -0.119. The van der Waals surface area contributed by atoms with Gasteiger partial charge in [-0.2, -0.15) is 0 Å². The minimum Gasteiger partial charge on any atom is -0.368 e. The van der Waals surface area contributed by atoms with E-state index in [-0.39, 0.29) is 0 Å². The van der Waals surface area contributed by atoms with E-state index in [2.05, 4.69) is 10.6 Å². The van der Waals surface area contributed by atoms with Crippen LogP contribution in [0.25, 0.3) is 10.1 Å². The van der Waals surface area contributed by atoms with Gasteiger partial charge in [-0.15, -0.1) is 11.3 Å². The molecule has 0 fully saturated rings. The zero-order chi connectivity index (χ0) is 17.1. The predicted molar refractivity (Wildman–Crippen MR) is 97.4 cm³/mol. The summed E-state index contributed by atoms with van der Waals surface area (Å²) in [4.78, 5) is 23.9. The number of anilines is 1. The molecule has 4 N–H and O–H groups in total. The number of fused-ring (bicyclic) bond motifs is 1. The largest absolute Gasteiger partial charge is 0.368 e. The van der Waals surface area contributed by atoms with Crippen molar-refractivity contribution in [2.24, 2.45) is 5.73 Å². The van der Waals surface area contributed by atoms with E-state index in [1.54, 1.807) is 24.3 Å². The molecule has 0 aliphatic rings. The van der Waals surface area contributed by atoms with E-state index in [1.807, 2.05) is 30.3 Å². The second-order valence-corrected chi connectivity index (χ2v) is 6.52. The minimum atomic E-state index is -0.917. The second kappa shape index (κ2) is 6.90. The quantitative estimate of drug-likeness (QED) is 0.660. The smallest absolute Gasteiger partial charge is 0.320 e. The van der Waals surface area contributed by atoms with Gasteiger partial charge in [0, 0.05) is 10.1 Å². The number of benzene rings is 2. The normalized spacial score (nSPS) is 11.9. The number of carbonyl (C=O) groups excluding carboxylic acids is 2. The van der Waals surface area contributed by atoms with Gasteiger partial charge in [0.1, 0.15) is 11.0 Å². The van der Waals surface area contributed by atoms with Crippen molar-refractivity contribution in [2.75, 3.05) is 5.32 Å². The van der Waals surface area contributed by atoms with Crippen LogP contribution in [-0.4, -0.2) is 11.9 Å². The lowest BCUT2D eigenvalue weighted by Gasteiger charge is -2.16. The Morgan fingerprint density at radius 2 is 1.71 bits per heavy atom. The fourth-order valence-electron chi connectivity index (χ4n) is 2.33. The number of rotatable bonds is 4. The molecule has 1 heterocycles. The first-order valence-corrected chi connectivity index (χ1v) is 8.34. The van der Waals surface area contributed by atoms with Gasteiger partial charge in [-0.05, 0) is 11.6 Å². The van der Waals surface area contributed by atoms with Crippen LogP contribution in [0.5, 0.6) is 0 Å². The lowest BCUT2D eigenvalue weighted by Crippen LogP contribution is -2.39. The van der Waals surface area contributed by atoms with Gasteiger partial charge in [-0.3, -0.25) is 10.1 Å². The monoisotopic (exact) mass is 359 g/mol. The van der Waals surface area contributed by atoms with E-state index in [0.717, 1.165) is 10.1 Å². The van der Waals surface area contributed by atoms with Crippen molar-refractivity contribution in [3.05, 3.63) is 65.2 Å². The molecule has 1 unspecified atom stereocenters. The maximum atomic E-state index is 12.2. The number of amides is 3. The third-order valence-corrected chi connectivity index (χ3v) is 5.05. The Morgan fingerprint density at radius 1 is 1.04 bits per heavy atom. The summed E-state index contributed by atoms with van der Waals surface area (Å²) >= 11 is 7.66. The van der Waals surface area contributed by atoms with E-state index < -0.39 is 18.0 Å². The first-order valence-electron chi connectivity index (χ1n) is 7.15. The van der Waals surface area contributed by atoms with E-state index in [9.17, 15) is 9.59 Å². The second-order valence-electron chi connectivity index (χ2n) is 5.09. The molecule has 0 aliphatic heterocycles. The van der Waals surface area contributed by atoms with Gasteiger partial charge >= 0.3 is 6.03 Å².